The minimum absolute atomic E-state index is 0.0915. The number of carbonyl (C=O) groups excluding carboxylic acids is 2. The second kappa shape index (κ2) is 6.14. The number of carbonyl (C=O) groups is 3. The molecule has 24 heavy (non-hydrogen) atoms. The van der Waals surface area contributed by atoms with E-state index in [0.29, 0.717) is 25.9 Å². The number of carboxylic acid groups (broad SMARTS) is 1. The summed E-state index contributed by atoms with van der Waals surface area (Å²) in [7, 11) is 1.59. The Kier molecular flexibility index (Phi) is 4.17. The van der Waals surface area contributed by atoms with Gasteiger partial charge in [0, 0.05) is 19.5 Å². The molecular formula is C17H20N2O5. The van der Waals surface area contributed by atoms with Crippen molar-refractivity contribution in [2.75, 3.05) is 13.7 Å². The lowest BCUT2D eigenvalue weighted by molar-refractivity contribution is -0.143. The molecule has 7 heteroatoms. The van der Waals surface area contributed by atoms with E-state index in [1.54, 1.807) is 12.0 Å². The van der Waals surface area contributed by atoms with Gasteiger partial charge in [0.15, 0.2) is 0 Å². The maximum atomic E-state index is 12.3. The summed E-state index contributed by atoms with van der Waals surface area (Å²) in [6, 6.07) is 7.40. The number of ether oxygens (including phenoxy) is 1. The van der Waals surface area contributed by atoms with Crippen molar-refractivity contribution in [2.45, 2.75) is 31.3 Å². The van der Waals surface area contributed by atoms with Crippen molar-refractivity contribution in [3.63, 3.8) is 0 Å². The molecule has 7 nitrogen and oxygen atoms in total. The minimum Gasteiger partial charge on any atom is -0.497 e. The highest BCUT2D eigenvalue weighted by Gasteiger charge is 2.52. The fraction of sp³-hybridized carbons (Fsp3) is 0.471. The Morgan fingerprint density at radius 2 is 2.00 bits per heavy atom. The molecule has 2 aliphatic rings. The van der Waals surface area contributed by atoms with Gasteiger partial charge >= 0.3 is 5.97 Å². The number of aliphatic carboxylic acids is 1. The Hall–Kier alpha value is -2.57. The molecule has 0 radical (unpaired) electrons. The summed E-state index contributed by atoms with van der Waals surface area (Å²) in [4.78, 5) is 37.2. The van der Waals surface area contributed by atoms with Crippen molar-refractivity contribution in [3.05, 3.63) is 29.8 Å². The second-order valence-corrected chi connectivity index (χ2v) is 6.40. The SMILES string of the molecule is COc1ccc(CN2CC(C(=O)NC3(C(=O)O)CC3)CC2=O)cc1. The van der Waals surface area contributed by atoms with Crippen LogP contribution in [-0.2, 0) is 20.9 Å². The molecule has 1 heterocycles. The molecule has 1 saturated carbocycles. The summed E-state index contributed by atoms with van der Waals surface area (Å²) in [6.07, 6.45) is 1.02. The lowest BCUT2D eigenvalue weighted by Crippen LogP contribution is -2.46. The summed E-state index contributed by atoms with van der Waals surface area (Å²) in [5.74, 6) is -1.19. The number of benzene rings is 1. The van der Waals surface area contributed by atoms with Crippen molar-refractivity contribution < 1.29 is 24.2 Å². The van der Waals surface area contributed by atoms with E-state index >= 15 is 0 Å². The van der Waals surface area contributed by atoms with E-state index in [2.05, 4.69) is 5.32 Å². The zero-order valence-corrected chi connectivity index (χ0v) is 13.4. The first-order valence-corrected chi connectivity index (χ1v) is 7.90. The van der Waals surface area contributed by atoms with Crippen LogP contribution in [-0.4, -0.2) is 47.0 Å². The van der Waals surface area contributed by atoms with E-state index in [9.17, 15) is 14.4 Å². The van der Waals surface area contributed by atoms with Crippen LogP contribution >= 0.6 is 0 Å². The fourth-order valence-corrected chi connectivity index (χ4v) is 2.91. The van der Waals surface area contributed by atoms with E-state index in [1.165, 1.54) is 0 Å². The molecule has 2 fully saturated rings. The van der Waals surface area contributed by atoms with Crippen LogP contribution in [0.4, 0.5) is 0 Å². The van der Waals surface area contributed by atoms with E-state index in [4.69, 9.17) is 9.84 Å². The van der Waals surface area contributed by atoms with Gasteiger partial charge in [-0.2, -0.15) is 0 Å². The maximum Gasteiger partial charge on any atom is 0.329 e. The predicted octanol–water partition coefficient (Wildman–Crippen LogP) is 0.777. The third-order valence-corrected chi connectivity index (χ3v) is 4.64. The number of rotatable bonds is 6. The van der Waals surface area contributed by atoms with Gasteiger partial charge in [-0.05, 0) is 30.5 Å². The van der Waals surface area contributed by atoms with Gasteiger partial charge in [-0.1, -0.05) is 12.1 Å². The first kappa shape index (κ1) is 16.3. The molecule has 1 saturated heterocycles. The second-order valence-electron chi connectivity index (χ2n) is 6.40. The molecule has 1 aliphatic heterocycles. The summed E-state index contributed by atoms with van der Waals surface area (Å²) in [6.45, 7) is 0.739. The lowest BCUT2D eigenvalue weighted by atomic mass is 10.1. The fourth-order valence-electron chi connectivity index (χ4n) is 2.91. The molecule has 0 aromatic heterocycles. The van der Waals surface area contributed by atoms with Crippen LogP contribution in [0.1, 0.15) is 24.8 Å². The van der Waals surface area contributed by atoms with Crippen LogP contribution in [0, 0.1) is 5.92 Å². The molecule has 128 valence electrons. The number of hydrogen-bond acceptors (Lipinski definition) is 4. The predicted molar refractivity (Wildman–Crippen MR) is 84.3 cm³/mol. The number of methoxy groups -OCH3 is 1. The third-order valence-electron chi connectivity index (χ3n) is 4.64. The van der Waals surface area contributed by atoms with E-state index in [-0.39, 0.29) is 18.2 Å². The lowest BCUT2D eigenvalue weighted by Gasteiger charge is -2.18. The van der Waals surface area contributed by atoms with E-state index in [1.807, 2.05) is 24.3 Å². The van der Waals surface area contributed by atoms with Crippen molar-refractivity contribution in [1.29, 1.82) is 0 Å². The largest absolute Gasteiger partial charge is 0.497 e. The smallest absolute Gasteiger partial charge is 0.329 e. The monoisotopic (exact) mass is 332 g/mol. The molecule has 3 rings (SSSR count). The van der Waals surface area contributed by atoms with Crippen LogP contribution in [0.3, 0.4) is 0 Å². The van der Waals surface area contributed by atoms with Crippen molar-refractivity contribution in [2.24, 2.45) is 5.92 Å². The quantitative estimate of drug-likeness (QED) is 0.802. The molecule has 1 aliphatic carbocycles. The van der Waals surface area contributed by atoms with Crippen LogP contribution in [0.5, 0.6) is 5.75 Å². The number of hydrogen-bond donors (Lipinski definition) is 2. The Morgan fingerprint density at radius 1 is 1.33 bits per heavy atom. The van der Waals surface area contributed by atoms with Crippen LogP contribution < -0.4 is 10.1 Å². The average Bonchev–Trinajstić information content (AvgIpc) is 3.26. The molecular weight excluding hydrogens is 312 g/mol. The number of amides is 2. The van der Waals surface area contributed by atoms with Crippen molar-refractivity contribution in [3.8, 4) is 5.75 Å². The van der Waals surface area contributed by atoms with Gasteiger partial charge in [-0.3, -0.25) is 9.59 Å². The standard InChI is InChI=1S/C17H20N2O5/c1-24-13-4-2-11(3-5-13)9-19-10-12(8-14(19)20)15(21)18-17(6-7-17)16(22)23/h2-5,12H,6-10H2,1H3,(H,18,21)(H,22,23). The maximum absolute atomic E-state index is 12.3. The highest BCUT2D eigenvalue weighted by Crippen LogP contribution is 2.36. The summed E-state index contributed by atoms with van der Waals surface area (Å²) in [5, 5.41) is 11.7. The highest BCUT2D eigenvalue weighted by atomic mass is 16.5. The summed E-state index contributed by atoms with van der Waals surface area (Å²) >= 11 is 0. The van der Waals surface area contributed by atoms with Crippen LogP contribution in [0.2, 0.25) is 0 Å². The zero-order chi connectivity index (χ0) is 17.3. The van der Waals surface area contributed by atoms with Gasteiger partial charge in [0.1, 0.15) is 11.3 Å². The first-order valence-electron chi connectivity index (χ1n) is 7.90. The van der Waals surface area contributed by atoms with Gasteiger partial charge < -0.3 is 20.1 Å². The topological polar surface area (TPSA) is 95.9 Å². The normalized spacial score (nSPS) is 21.5. The zero-order valence-electron chi connectivity index (χ0n) is 13.4. The van der Waals surface area contributed by atoms with Crippen molar-refractivity contribution >= 4 is 17.8 Å². The van der Waals surface area contributed by atoms with Gasteiger partial charge in [-0.15, -0.1) is 0 Å². The molecule has 0 spiro atoms. The van der Waals surface area contributed by atoms with Gasteiger partial charge in [0.25, 0.3) is 0 Å². The molecule has 1 unspecified atom stereocenters. The minimum atomic E-state index is -1.11. The highest BCUT2D eigenvalue weighted by molar-refractivity contribution is 5.94. The molecule has 2 amide bonds. The molecule has 2 N–H and O–H groups in total. The molecule has 1 atom stereocenters. The Morgan fingerprint density at radius 3 is 2.54 bits per heavy atom. The number of carboxylic acids is 1. The van der Waals surface area contributed by atoms with Crippen molar-refractivity contribution in [1.82, 2.24) is 10.2 Å². The van der Waals surface area contributed by atoms with Gasteiger partial charge in [0.2, 0.25) is 11.8 Å². The molecule has 0 bridgehead atoms. The van der Waals surface area contributed by atoms with E-state index in [0.717, 1.165) is 11.3 Å². The third kappa shape index (κ3) is 3.20. The number of nitrogens with one attached hydrogen (secondary N) is 1. The Bertz CT molecular complexity index is 666. The molecule has 1 aromatic rings. The number of likely N-dealkylation sites (tertiary alicyclic amines) is 1. The van der Waals surface area contributed by atoms with E-state index < -0.39 is 17.4 Å². The first-order chi connectivity index (χ1) is 11.4. The summed E-state index contributed by atoms with van der Waals surface area (Å²) in [5.41, 5.74) is -0.154. The Balaban J connectivity index is 1.58. The molecule has 1 aromatic carbocycles. The van der Waals surface area contributed by atoms with Gasteiger partial charge in [-0.25, -0.2) is 4.79 Å². The number of nitrogens with zero attached hydrogens (tertiary/aromatic N) is 1. The van der Waals surface area contributed by atoms with Crippen LogP contribution in [0.15, 0.2) is 24.3 Å². The summed E-state index contributed by atoms with van der Waals surface area (Å²) < 4.78 is 5.10. The van der Waals surface area contributed by atoms with Gasteiger partial charge in [0.05, 0.1) is 13.0 Å². The average molecular weight is 332 g/mol. The van der Waals surface area contributed by atoms with Crippen LogP contribution in [0.25, 0.3) is 0 Å². The Labute approximate surface area is 139 Å².